The number of aliphatic hydroxyl groups is 1. The second-order valence-electron chi connectivity index (χ2n) is 6.82. The van der Waals surface area contributed by atoms with E-state index in [1.165, 1.54) is 6.07 Å². The molecule has 1 aliphatic heterocycles. The Kier molecular flexibility index (Phi) is 4.83. The van der Waals surface area contributed by atoms with Gasteiger partial charge in [0.25, 0.3) is 0 Å². The van der Waals surface area contributed by atoms with E-state index in [0.717, 1.165) is 42.9 Å². The summed E-state index contributed by atoms with van der Waals surface area (Å²) in [5.74, 6) is 0.742. The zero-order valence-electron chi connectivity index (χ0n) is 14.4. The maximum Gasteiger partial charge on any atom is 0.206 e. The molecule has 0 aliphatic carbocycles. The lowest BCUT2D eigenvalue weighted by molar-refractivity contribution is 0.208. The average Bonchev–Trinajstić information content (AvgIpc) is 3.03. The molecule has 1 aromatic heterocycles. The van der Waals surface area contributed by atoms with Gasteiger partial charge in [-0.05, 0) is 43.0 Å². The molecule has 0 saturated carbocycles. The fourth-order valence-electron chi connectivity index (χ4n) is 3.70. The molecular weight excluding hydrogens is 353 g/mol. The van der Waals surface area contributed by atoms with Gasteiger partial charge in [-0.2, -0.15) is 0 Å². The van der Waals surface area contributed by atoms with Crippen LogP contribution in [0.25, 0.3) is 11.0 Å². The van der Waals surface area contributed by atoms with Gasteiger partial charge in [-0.3, -0.25) is 0 Å². The number of hydrogen-bond donors (Lipinski definition) is 1. The van der Waals surface area contributed by atoms with Crippen LogP contribution in [0.2, 0.25) is 5.02 Å². The van der Waals surface area contributed by atoms with Crippen molar-refractivity contribution in [2.45, 2.75) is 19.4 Å². The highest BCUT2D eigenvalue weighted by molar-refractivity contribution is 6.31. The Morgan fingerprint density at radius 3 is 2.85 bits per heavy atom. The highest BCUT2D eigenvalue weighted by atomic mass is 35.5. The zero-order chi connectivity index (χ0) is 18.1. The SMILES string of the molecule is OC[C@H]1CCCN(c2nc3ccccc3n2Cc2c(F)cccc2Cl)C1. The minimum atomic E-state index is -0.312. The van der Waals surface area contributed by atoms with Gasteiger partial charge >= 0.3 is 0 Å². The normalized spacial score (nSPS) is 17.8. The van der Waals surface area contributed by atoms with Crippen molar-refractivity contribution >= 4 is 28.6 Å². The van der Waals surface area contributed by atoms with Gasteiger partial charge in [0.1, 0.15) is 5.82 Å². The van der Waals surface area contributed by atoms with Crippen LogP contribution in [0.15, 0.2) is 42.5 Å². The topological polar surface area (TPSA) is 41.3 Å². The van der Waals surface area contributed by atoms with E-state index in [2.05, 4.69) is 4.90 Å². The number of imidazole rings is 1. The number of para-hydroxylation sites is 2. The first-order chi connectivity index (χ1) is 12.7. The van der Waals surface area contributed by atoms with E-state index in [-0.39, 0.29) is 18.3 Å². The lowest BCUT2D eigenvalue weighted by Crippen LogP contribution is -2.38. The molecule has 4 nitrogen and oxygen atoms in total. The molecule has 0 amide bonds. The molecule has 26 heavy (non-hydrogen) atoms. The van der Waals surface area contributed by atoms with Crippen molar-refractivity contribution in [1.82, 2.24) is 9.55 Å². The summed E-state index contributed by atoms with van der Waals surface area (Å²) >= 11 is 6.26. The second kappa shape index (κ2) is 7.25. The highest BCUT2D eigenvalue weighted by Gasteiger charge is 2.24. The Hall–Kier alpha value is -2.11. The molecule has 0 spiro atoms. The van der Waals surface area contributed by atoms with Gasteiger partial charge in [-0.25, -0.2) is 9.37 Å². The third kappa shape index (κ3) is 3.17. The molecule has 136 valence electrons. The molecule has 1 N–H and O–H groups in total. The summed E-state index contributed by atoms with van der Waals surface area (Å²) in [7, 11) is 0. The van der Waals surface area contributed by atoms with Crippen LogP contribution in [-0.4, -0.2) is 34.4 Å². The van der Waals surface area contributed by atoms with E-state index >= 15 is 0 Å². The summed E-state index contributed by atoms with van der Waals surface area (Å²) in [5.41, 5.74) is 2.29. The molecule has 2 heterocycles. The molecule has 3 aromatic rings. The highest BCUT2D eigenvalue weighted by Crippen LogP contribution is 2.29. The van der Waals surface area contributed by atoms with Crippen molar-refractivity contribution in [3.63, 3.8) is 0 Å². The number of benzene rings is 2. The van der Waals surface area contributed by atoms with Crippen molar-refractivity contribution in [2.24, 2.45) is 5.92 Å². The Labute approximate surface area is 156 Å². The summed E-state index contributed by atoms with van der Waals surface area (Å²) in [4.78, 5) is 7.00. The molecule has 4 rings (SSSR count). The third-order valence-electron chi connectivity index (χ3n) is 5.07. The number of hydrogen-bond acceptors (Lipinski definition) is 3. The molecular formula is C20H21ClFN3O. The largest absolute Gasteiger partial charge is 0.396 e. The van der Waals surface area contributed by atoms with Crippen LogP contribution < -0.4 is 4.90 Å². The first-order valence-electron chi connectivity index (χ1n) is 8.91. The molecule has 0 radical (unpaired) electrons. The molecule has 1 saturated heterocycles. The fourth-order valence-corrected chi connectivity index (χ4v) is 3.92. The minimum absolute atomic E-state index is 0.176. The molecule has 2 aromatic carbocycles. The number of anilines is 1. The van der Waals surface area contributed by atoms with E-state index in [0.29, 0.717) is 17.1 Å². The van der Waals surface area contributed by atoms with E-state index < -0.39 is 0 Å². The summed E-state index contributed by atoms with van der Waals surface area (Å²) in [6, 6.07) is 12.6. The third-order valence-corrected chi connectivity index (χ3v) is 5.43. The van der Waals surface area contributed by atoms with Crippen LogP contribution in [0, 0.1) is 11.7 Å². The van der Waals surface area contributed by atoms with Gasteiger partial charge in [0.15, 0.2) is 0 Å². The van der Waals surface area contributed by atoms with Crippen LogP contribution in [0.4, 0.5) is 10.3 Å². The van der Waals surface area contributed by atoms with Gasteiger partial charge in [-0.1, -0.05) is 29.8 Å². The molecule has 0 unspecified atom stereocenters. The van der Waals surface area contributed by atoms with Crippen LogP contribution in [0.1, 0.15) is 18.4 Å². The van der Waals surface area contributed by atoms with E-state index in [9.17, 15) is 9.50 Å². The Bertz CT molecular complexity index is 906. The summed E-state index contributed by atoms with van der Waals surface area (Å²) in [5, 5.41) is 9.97. The van der Waals surface area contributed by atoms with Crippen molar-refractivity contribution in [3.8, 4) is 0 Å². The lowest BCUT2D eigenvalue weighted by atomic mass is 9.99. The number of nitrogens with zero attached hydrogens (tertiary/aromatic N) is 3. The maximum absolute atomic E-state index is 14.4. The van der Waals surface area contributed by atoms with E-state index in [1.54, 1.807) is 12.1 Å². The standard InChI is InChI=1S/C20H21ClFN3O/c21-16-6-3-7-17(22)15(16)12-25-19-9-2-1-8-18(19)23-20(25)24-10-4-5-14(11-24)13-26/h1-3,6-9,14,26H,4-5,10-13H2/t14-/m0/s1. The van der Waals surface area contributed by atoms with Crippen LogP contribution in [0.3, 0.4) is 0 Å². The van der Waals surface area contributed by atoms with E-state index in [1.807, 2.05) is 28.8 Å². The zero-order valence-corrected chi connectivity index (χ0v) is 15.2. The number of aromatic nitrogens is 2. The first-order valence-corrected chi connectivity index (χ1v) is 9.29. The molecule has 6 heteroatoms. The summed E-state index contributed by atoms with van der Waals surface area (Å²) in [6.45, 7) is 2.13. The monoisotopic (exact) mass is 373 g/mol. The Morgan fingerprint density at radius 1 is 1.19 bits per heavy atom. The Balaban J connectivity index is 1.79. The van der Waals surface area contributed by atoms with Crippen molar-refractivity contribution < 1.29 is 9.50 Å². The number of halogens is 2. The van der Waals surface area contributed by atoms with Crippen LogP contribution in [-0.2, 0) is 6.54 Å². The number of piperidine rings is 1. The predicted molar refractivity (Wildman–Crippen MR) is 102 cm³/mol. The lowest BCUT2D eigenvalue weighted by Gasteiger charge is -2.33. The smallest absolute Gasteiger partial charge is 0.206 e. The number of rotatable bonds is 4. The Morgan fingerprint density at radius 2 is 2.04 bits per heavy atom. The first kappa shape index (κ1) is 17.3. The summed E-state index contributed by atoms with van der Waals surface area (Å²) in [6.07, 6.45) is 2.03. The molecule has 1 atom stereocenters. The maximum atomic E-state index is 14.4. The van der Waals surface area contributed by atoms with Crippen molar-refractivity contribution in [1.29, 1.82) is 0 Å². The van der Waals surface area contributed by atoms with Gasteiger partial charge in [0.2, 0.25) is 5.95 Å². The molecule has 1 aliphatic rings. The van der Waals surface area contributed by atoms with Gasteiger partial charge in [0, 0.05) is 30.3 Å². The van der Waals surface area contributed by atoms with E-state index in [4.69, 9.17) is 16.6 Å². The fraction of sp³-hybridized carbons (Fsp3) is 0.350. The second-order valence-corrected chi connectivity index (χ2v) is 7.23. The van der Waals surface area contributed by atoms with Gasteiger partial charge in [0.05, 0.1) is 17.6 Å². The molecule has 0 bridgehead atoms. The number of fused-ring (bicyclic) bond motifs is 1. The predicted octanol–water partition coefficient (Wildman–Crippen LogP) is 4.09. The van der Waals surface area contributed by atoms with Gasteiger partial charge in [-0.15, -0.1) is 0 Å². The quantitative estimate of drug-likeness (QED) is 0.749. The van der Waals surface area contributed by atoms with Gasteiger partial charge < -0.3 is 14.6 Å². The number of aliphatic hydroxyl groups excluding tert-OH is 1. The van der Waals surface area contributed by atoms with Crippen LogP contribution in [0.5, 0.6) is 0 Å². The van der Waals surface area contributed by atoms with Crippen molar-refractivity contribution in [2.75, 3.05) is 24.6 Å². The minimum Gasteiger partial charge on any atom is -0.396 e. The van der Waals surface area contributed by atoms with Crippen LogP contribution >= 0.6 is 11.6 Å². The average molecular weight is 374 g/mol. The van der Waals surface area contributed by atoms with Crippen molar-refractivity contribution in [3.05, 3.63) is 58.9 Å². The summed E-state index contributed by atoms with van der Waals surface area (Å²) < 4.78 is 16.4. The molecule has 1 fully saturated rings.